The average Bonchev–Trinajstić information content (AvgIpc) is 2.20. The molecule has 0 aliphatic carbocycles. The van der Waals surface area contributed by atoms with Crippen LogP contribution in [0.25, 0.3) is 0 Å². The summed E-state index contributed by atoms with van der Waals surface area (Å²) in [5, 5.41) is 0.698. The number of rotatable bonds is 6. The second-order valence-corrected chi connectivity index (χ2v) is 4.42. The normalized spacial score (nSPS) is 10.3. The minimum absolute atomic E-state index is 0.698. The van der Waals surface area contributed by atoms with Gasteiger partial charge < -0.3 is 4.74 Å². The van der Waals surface area contributed by atoms with Gasteiger partial charge in [-0.25, -0.2) is 0 Å². The largest absolute Gasteiger partial charge is 0.492 e. The number of thiol groups is 1. The van der Waals surface area contributed by atoms with E-state index in [0.717, 1.165) is 42.9 Å². The van der Waals surface area contributed by atoms with Gasteiger partial charge in [0.2, 0.25) is 0 Å². The van der Waals surface area contributed by atoms with Gasteiger partial charge in [-0.2, -0.15) is 12.6 Å². The molecule has 3 heteroatoms. The maximum absolute atomic E-state index is 6.03. The van der Waals surface area contributed by atoms with Gasteiger partial charge in [0.15, 0.2) is 0 Å². The van der Waals surface area contributed by atoms with Crippen molar-refractivity contribution in [2.24, 2.45) is 0 Å². The molecule has 0 spiro atoms. The topological polar surface area (TPSA) is 9.23 Å². The van der Waals surface area contributed by atoms with Gasteiger partial charge in [-0.3, -0.25) is 0 Å². The van der Waals surface area contributed by atoms with Gasteiger partial charge in [0.05, 0.1) is 11.6 Å². The molecule has 1 aromatic rings. The summed E-state index contributed by atoms with van der Waals surface area (Å²) in [7, 11) is 0. The Kier molecular flexibility index (Phi) is 5.96. The highest BCUT2D eigenvalue weighted by Crippen LogP contribution is 2.25. The molecule has 0 amide bonds. The van der Waals surface area contributed by atoms with E-state index >= 15 is 0 Å². The Labute approximate surface area is 102 Å². The highest BCUT2D eigenvalue weighted by Gasteiger charge is 2.00. The monoisotopic (exact) mass is 244 g/mol. The third kappa shape index (κ3) is 4.80. The van der Waals surface area contributed by atoms with E-state index in [-0.39, 0.29) is 0 Å². The summed E-state index contributed by atoms with van der Waals surface area (Å²) >= 11 is 10.2. The second kappa shape index (κ2) is 7.02. The molecule has 1 aromatic carbocycles. The number of halogens is 1. The van der Waals surface area contributed by atoms with E-state index in [2.05, 4.69) is 12.6 Å². The van der Waals surface area contributed by atoms with E-state index in [1.54, 1.807) is 0 Å². The van der Waals surface area contributed by atoms with Crippen LogP contribution in [-0.4, -0.2) is 12.4 Å². The van der Waals surface area contributed by atoms with E-state index in [1.165, 1.54) is 0 Å². The zero-order valence-corrected chi connectivity index (χ0v) is 10.7. The molecule has 0 fully saturated rings. The Hall–Kier alpha value is -0.340. The van der Waals surface area contributed by atoms with E-state index in [0.29, 0.717) is 5.02 Å². The maximum Gasteiger partial charge on any atom is 0.137 e. The van der Waals surface area contributed by atoms with Crippen LogP contribution < -0.4 is 4.74 Å². The first kappa shape index (κ1) is 12.7. The Morgan fingerprint density at radius 1 is 1.27 bits per heavy atom. The van der Waals surface area contributed by atoms with Crippen molar-refractivity contribution in [3.8, 4) is 5.75 Å². The lowest BCUT2D eigenvalue weighted by molar-refractivity contribution is 0.306. The van der Waals surface area contributed by atoms with Gasteiger partial charge in [-0.1, -0.05) is 17.7 Å². The molecular formula is C12H17ClOS. The van der Waals surface area contributed by atoms with Crippen LogP contribution in [0.4, 0.5) is 0 Å². The van der Waals surface area contributed by atoms with Crippen molar-refractivity contribution < 1.29 is 4.74 Å². The van der Waals surface area contributed by atoms with E-state index in [9.17, 15) is 0 Å². The van der Waals surface area contributed by atoms with Crippen LogP contribution in [-0.2, 0) is 0 Å². The fourth-order valence-electron chi connectivity index (χ4n) is 1.30. The molecule has 0 N–H and O–H groups in total. The summed E-state index contributed by atoms with van der Waals surface area (Å²) in [6, 6.07) is 5.86. The summed E-state index contributed by atoms with van der Waals surface area (Å²) in [4.78, 5) is 0. The SMILES string of the molecule is Cc1ccc(OCCCCCS)c(Cl)c1. The predicted octanol–water partition coefficient (Wildman–Crippen LogP) is 4.13. The van der Waals surface area contributed by atoms with E-state index in [1.807, 2.05) is 25.1 Å². The maximum atomic E-state index is 6.03. The molecule has 0 bridgehead atoms. The molecule has 1 nitrogen and oxygen atoms in total. The van der Waals surface area contributed by atoms with Crippen LogP contribution in [0.1, 0.15) is 24.8 Å². The zero-order valence-electron chi connectivity index (χ0n) is 9.00. The molecule has 0 atom stereocenters. The minimum atomic E-state index is 0.698. The van der Waals surface area contributed by atoms with Crippen molar-refractivity contribution in [2.75, 3.05) is 12.4 Å². The van der Waals surface area contributed by atoms with E-state index in [4.69, 9.17) is 16.3 Å². The number of unbranched alkanes of at least 4 members (excludes halogenated alkanes) is 2. The highest BCUT2D eigenvalue weighted by molar-refractivity contribution is 7.80. The lowest BCUT2D eigenvalue weighted by Gasteiger charge is -2.08. The standard InChI is InChI=1S/C12H17ClOS/c1-10-5-6-12(11(13)9-10)14-7-3-2-4-8-15/h5-6,9,15H,2-4,7-8H2,1H3. The first-order chi connectivity index (χ1) is 7.24. The van der Waals surface area contributed by atoms with Crippen LogP contribution in [0, 0.1) is 6.92 Å². The average molecular weight is 245 g/mol. The van der Waals surface area contributed by atoms with Gasteiger partial charge >= 0.3 is 0 Å². The van der Waals surface area contributed by atoms with Gasteiger partial charge in [-0.15, -0.1) is 0 Å². The van der Waals surface area contributed by atoms with Crippen molar-refractivity contribution in [3.63, 3.8) is 0 Å². The number of ether oxygens (including phenoxy) is 1. The first-order valence-electron chi connectivity index (χ1n) is 5.24. The Bertz CT molecular complexity index is 302. The molecule has 0 heterocycles. The summed E-state index contributed by atoms with van der Waals surface area (Å²) < 4.78 is 5.58. The van der Waals surface area contributed by atoms with E-state index < -0.39 is 0 Å². The van der Waals surface area contributed by atoms with Crippen molar-refractivity contribution in [3.05, 3.63) is 28.8 Å². The Balaban J connectivity index is 2.31. The fourth-order valence-corrected chi connectivity index (χ4v) is 1.81. The van der Waals surface area contributed by atoms with Crippen molar-refractivity contribution in [1.29, 1.82) is 0 Å². The molecule has 0 saturated heterocycles. The van der Waals surface area contributed by atoms with Gasteiger partial charge in [0.1, 0.15) is 5.75 Å². The smallest absolute Gasteiger partial charge is 0.137 e. The van der Waals surface area contributed by atoms with Crippen molar-refractivity contribution in [2.45, 2.75) is 26.2 Å². The molecule has 0 unspecified atom stereocenters. The number of hydrogen-bond donors (Lipinski definition) is 1. The van der Waals surface area contributed by atoms with Crippen molar-refractivity contribution >= 4 is 24.2 Å². The summed E-state index contributed by atoms with van der Waals surface area (Å²) in [6.45, 7) is 2.75. The fraction of sp³-hybridized carbons (Fsp3) is 0.500. The molecular weight excluding hydrogens is 228 g/mol. The number of benzene rings is 1. The first-order valence-corrected chi connectivity index (χ1v) is 6.25. The number of hydrogen-bond acceptors (Lipinski definition) is 2. The molecule has 0 aliphatic rings. The van der Waals surface area contributed by atoms with Crippen LogP contribution in [0.3, 0.4) is 0 Å². The molecule has 0 aliphatic heterocycles. The third-order valence-corrected chi connectivity index (χ3v) is 2.76. The molecule has 0 aromatic heterocycles. The van der Waals surface area contributed by atoms with Crippen LogP contribution in [0.2, 0.25) is 5.02 Å². The lowest BCUT2D eigenvalue weighted by atomic mass is 10.2. The second-order valence-electron chi connectivity index (χ2n) is 3.57. The van der Waals surface area contributed by atoms with Crippen LogP contribution in [0.15, 0.2) is 18.2 Å². The van der Waals surface area contributed by atoms with Gasteiger partial charge in [0, 0.05) is 0 Å². The van der Waals surface area contributed by atoms with Gasteiger partial charge in [0.25, 0.3) is 0 Å². The molecule has 0 saturated carbocycles. The van der Waals surface area contributed by atoms with Crippen LogP contribution >= 0.6 is 24.2 Å². The molecule has 15 heavy (non-hydrogen) atoms. The lowest BCUT2D eigenvalue weighted by Crippen LogP contribution is -1.98. The minimum Gasteiger partial charge on any atom is -0.492 e. The molecule has 1 rings (SSSR count). The quantitative estimate of drug-likeness (QED) is 0.585. The number of aryl methyl sites for hydroxylation is 1. The molecule has 0 radical (unpaired) electrons. The van der Waals surface area contributed by atoms with Crippen molar-refractivity contribution in [1.82, 2.24) is 0 Å². The summed E-state index contributed by atoms with van der Waals surface area (Å²) in [5.74, 6) is 1.74. The predicted molar refractivity (Wildman–Crippen MR) is 69.4 cm³/mol. The third-order valence-electron chi connectivity index (χ3n) is 2.15. The van der Waals surface area contributed by atoms with Crippen LogP contribution in [0.5, 0.6) is 5.75 Å². The molecule has 84 valence electrons. The Morgan fingerprint density at radius 3 is 2.73 bits per heavy atom. The highest BCUT2D eigenvalue weighted by atomic mass is 35.5. The zero-order chi connectivity index (χ0) is 11.1. The Morgan fingerprint density at radius 2 is 2.07 bits per heavy atom. The van der Waals surface area contributed by atoms with Gasteiger partial charge in [-0.05, 0) is 49.6 Å². The summed E-state index contributed by atoms with van der Waals surface area (Å²) in [5.41, 5.74) is 1.16. The summed E-state index contributed by atoms with van der Waals surface area (Å²) in [6.07, 6.45) is 3.37.